The Bertz CT molecular complexity index is 899. The van der Waals surface area contributed by atoms with Gasteiger partial charge in [-0.25, -0.2) is 4.79 Å². The average molecular weight is 435 g/mol. The van der Waals surface area contributed by atoms with Crippen LogP contribution in [-0.2, 0) is 4.79 Å². The lowest BCUT2D eigenvalue weighted by Crippen LogP contribution is -2.49. The Hall–Kier alpha value is -3.02. The second-order valence-corrected chi connectivity index (χ2v) is 9.08. The molecule has 0 atom stereocenters. The normalized spacial score (nSPS) is 17.0. The molecular weight excluding hydrogens is 400 g/mol. The molecule has 3 amide bonds. The number of hydrogen-bond acceptors (Lipinski definition) is 3. The van der Waals surface area contributed by atoms with Crippen molar-refractivity contribution in [3.05, 3.63) is 54.6 Å². The van der Waals surface area contributed by atoms with Gasteiger partial charge in [0.1, 0.15) is 0 Å². The molecule has 6 nitrogen and oxygen atoms in total. The van der Waals surface area contributed by atoms with Gasteiger partial charge in [0.2, 0.25) is 5.91 Å². The van der Waals surface area contributed by atoms with Gasteiger partial charge in [0.15, 0.2) is 0 Å². The van der Waals surface area contributed by atoms with Crippen LogP contribution in [0, 0.1) is 5.92 Å². The highest BCUT2D eigenvalue weighted by Crippen LogP contribution is 2.28. The number of nitrogens with one attached hydrogen (secondary N) is 1. The number of carbonyl (C=O) groups is 2. The third-order valence-electron chi connectivity index (χ3n) is 6.45. The van der Waals surface area contributed by atoms with Crippen LogP contribution in [0.15, 0.2) is 54.6 Å². The summed E-state index contributed by atoms with van der Waals surface area (Å²) in [5.41, 5.74) is 2.94. The van der Waals surface area contributed by atoms with Crippen LogP contribution in [0.3, 0.4) is 0 Å². The minimum atomic E-state index is -0.0397. The van der Waals surface area contributed by atoms with Gasteiger partial charge in [-0.2, -0.15) is 0 Å². The molecule has 2 aliphatic heterocycles. The predicted octanol–water partition coefficient (Wildman–Crippen LogP) is 5.10. The first-order chi connectivity index (χ1) is 15.5. The number of anilines is 3. The van der Waals surface area contributed by atoms with Crippen LogP contribution in [0.4, 0.5) is 21.9 Å². The Kier molecular flexibility index (Phi) is 6.98. The van der Waals surface area contributed by atoms with Crippen molar-refractivity contribution in [1.82, 2.24) is 9.80 Å². The molecule has 2 aromatic carbocycles. The third-order valence-corrected chi connectivity index (χ3v) is 6.45. The van der Waals surface area contributed by atoms with Crippen LogP contribution in [0.5, 0.6) is 0 Å². The molecule has 170 valence electrons. The lowest BCUT2D eigenvalue weighted by atomic mass is 9.94. The maximum Gasteiger partial charge on any atom is 0.319 e. The Labute approximate surface area is 191 Å². The molecule has 0 saturated carbocycles. The van der Waals surface area contributed by atoms with E-state index in [1.165, 1.54) is 0 Å². The van der Waals surface area contributed by atoms with E-state index in [0.717, 1.165) is 55.8 Å². The number of piperidine rings is 1. The Morgan fingerprint density at radius 3 is 2.00 bits per heavy atom. The summed E-state index contributed by atoms with van der Waals surface area (Å²) in [7, 11) is 0. The van der Waals surface area contributed by atoms with Gasteiger partial charge < -0.3 is 20.0 Å². The van der Waals surface area contributed by atoms with Gasteiger partial charge >= 0.3 is 6.03 Å². The van der Waals surface area contributed by atoms with E-state index in [1.807, 2.05) is 69.3 Å². The van der Waals surface area contributed by atoms with Gasteiger partial charge in [0, 0.05) is 55.2 Å². The summed E-state index contributed by atoms with van der Waals surface area (Å²) >= 11 is 0. The number of para-hydroxylation sites is 1. The topological polar surface area (TPSA) is 55.9 Å². The van der Waals surface area contributed by atoms with Crippen LogP contribution >= 0.6 is 0 Å². The smallest absolute Gasteiger partial charge is 0.319 e. The van der Waals surface area contributed by atoms with Crippen molar-refractivity contribution in [3.8, 4) is 0 Å². The maximum absolute atomic E-state index is 13.4. The quantitative estimate of drug-likeness (QED) is 0.712. The van der Waals surface area contributed by atoms with E-state index in [2.05, 4.69) is 19.2 Å². The number of benzene rings is 2. The summed E-state index contributed by atoms with van der Waals surface area (Å²) < 4.78 is 0. The van der Waals surface area contributed by atoms with Crippen molar-refractivity contribution >= 4 is 29.0 Å². The minimum absolute atomic E-state index is 0.0397. The highest BCUT2D eigenvalue weighted by Gasteiger charge is 2.33. The van der Waals surface area contributed by atoms with Crippen molar-refractivity contribution in [1.29, 1.82) is 0 Å². The monoisotopic (exact) mass is 434 g/mol. The predicted molar refractivity (Wildman–Crippen MR) is 129 cm³/mol. The summed E-state index contributed by atoms with van der Waals surface area (Å²) in [6, 6.07) is 18.3. The Balaban J connectivity index is 1.38. The molecule has 1 N–H and O–H groups in total. The number of hydrogen-bond donors (Lipinski definition) is 1. The summed E-state index contributed by atoms with van der Waals surface area (Å²) in [6.07, 6.45) is 3.66. The highest BCUT2D eigenvalue weighted by molar-refractivity contribution is 5.96. The first-order valence-corrected chi connectivity index (χ1v) is 11.8. The number of rotatable bonds is 5. The van der Waals surface area contributed by atoms with E-state index in [-0.39, 0.29) is 23.9 Å². The van der Waals surface area contributed by atoms with Gasteiger partial charge in [-0.05, 0) is 75.9 Å². The van der Waals surface area contributed by atoms with Crippen LogP contribution in [0.25, 0.3) is 0 Å². The molecule has 6 heteroatoms. The second kappa shape index (κ2) is 10.1. The molecule has 0 aliphatic carbocycles. The molecule has 0 spiro atoms. The summed E-state index contributed by atoms with van der Waals surface area (Å²) in [4.78, 5) is 31.9. The van der Waals surface area contributed by atoms with E-state index < -0.39 is 0 Å². The van der Waals surface area contributed by atoms with Crippen molar-refractivity contribution in [3.63, 3.8) is 0 Å². The van der Waals surface area contributed by atoms with E-state index in [1.54, 1.807) is 0 Å². The largest absolute Gasteiger partial charge is 0.356 e. The zero-order chi connectivity index (χ0) is 22.5. The van der Waals surface area contributed by atoms with Gasteiger partial charge in [0.25, 0.3) is 0 Å². The number of nitrogens with zero attached hydrogens (tertiary/aromatic N) is 3. The standard InChI is InChI=1S/C26H34N4O2/c1-20(2)30(24-12-10-23(11-13-24)27-22-8-4-3-5-9-22)25(31)21-14-18-29(19-15-21)26(32)28-16-6-7-17-28/h3-5,8-13,20-21,27H,6-7,14-19H2,1-2H3. The first kappa shape index (κ1) is 22.2. The Morgan fingerprint density at radius 2 is 1.41 bits per heavy atom. The molecule has 0 bridgehead atoms. The zero-order valence-electron chi connectivity index (χ0n) is 19.2. The molecule has 0 aromatic heterocycles. The van der Waals surface area contributed by atoms with Crippen LogP contribution in [0.1, 0.15) is 39.5 Å². The molecule has 2 fully saturated rings. The lowest BCUT2D eigenvalue weighted by molar-refractivity contribution is -0.124. The van der Waals surface area contributed by atoms with Crippen LogP contribution in [0.2, 0.25) is 0 Å². The van der Waals surface area contributed by atoms with E-state index in [0.29, 0.717) is 13.1 Å². The van der Waals surface area contributed by atoms with Gasteiger partial charge in [-0.15, -0.1) is 0 Å². The fraction of sp³-hybridized carbons (Fsp3) is 0.462. The van der Waals surface area contributed by atoms with E-state index >= 15 is 0 Å². The molecule has 2 saturated heterocycles. The number of carbonyl (C=O) groups excluding carboxylic acids is 2. The van der Waals surface area contributed by atoms with Crippen molar-refractivity contribution in [2.75, 3.05) is 36.4 Å². The first-order valence-electron chi connectivity index (χ1n) is 11.8. The number of likely N-dealkylation sites (tertiary alicyclic amines) is 2. The number of amides is 3. The van der Waals surface area contributed by atoms with Crippen molar-refractivity contribution in [2.45, 2.75) is 45.6 Å². The minimum Gasteiger partial charge on any atom is -0.356 e. The summed E-state index contributed by atoms with van der Waals surface area (Å²) in [5, 5.41) is 3.39. The van der Waals surface area contributed by atoms with E-state index in [9.17, 15) is 9.59 Å². The van der Waals surface area contributed by atoms with Crippen molar-refractivity contribution < 1.29 is 9.59 Å². The fourth-order valence-electron chi connectivity index (χ4n) is 4.70. The molecule has 4 rings (SSSR count). The SMILES string of the molecule is CC(C)N(C(=O)C1CCN(C(=O)N2CCCC2)CC1)c1ccc(Nc2ccccc2)cc1. The van der Waals surface area contributed by atoms with Gasteiger partial charge in [-0.1, -0.05) is 18.2 Å². The molecule has 2 aliphatic rings. The van der Waals surface area contributed by atoms with E-state index in [4.69, 9.17) is 0 Å². The summed E-state index contributed by atoms with van der Waals surface area (Å²) in [5.74, 6) is 0.124. The Morgan fingerprint density at radius 1 is 0.844 bits per heavy atom. The molecule has 2 aromatic rings. The molecule has 2 heterocycles. The van der Waals surface area contributed by atoms with Crippen molar-refractivity contribution in [2.24, 2.45) is 5.92 Å². The molecule has 32 heavy (non-hydrogen) atoms. The second-order valence-electron chi connectivity index (χ2n) is 9.08. The average Bonchev–Trinajstić information content (AvgIpc) is 3.35. The molecule has 0 radical (unpaired) electrons. The zero-order valence-corrected chi connectivity index (χ0v) is 19.2. The fourth-order valence-corrected chi connectivity index (χ4v) is 4.70. The molecule has 0 unspecified atom stereocenters. The summed E-state index contributed by atoms with van der Waals surface area (Å²) in [6.45, 7) is 7.18. The molecular formula is C26H34N4O2. The highest BCUT2D eigenvalue weighted by atomic mass is 16.2. The van der Waals surface area contributed by atoms with Gasteiger partial charge in [0.05, 0.1) is 0 Å². The van der Waals surface area contributed by atoms with Crippen LogP contribution < -0.4 is 10.2 Å². The maximum atomic E-state index is 13.4. The number of urea groups is 1. The van der Waals surface area contributed by atoms with Gasteiger partial charge in [-0.3, -0.25) is 4.79 Å². The third kappa shape index (κ3) is 5.06. The van der Waals surface area contributed by atoms with Crippen LogP contribution in [-0.4, -0.2) is 54.0 Å². The lowest BCUT2D eigenvalue weighted by Gasteiger charge is -2.37.